The molecule has 0 aromatic carbocycles. The number of alkyl halides is 1. The van der Waals surface area contributed by atoms with Crippen molar-refractivity contribution < 1.29 is 0 Å². The average molecular weight is 293 g/mol. The van der Waals surface area contributed by atoms with Crippen molar-refractivity contribution in [3.8, 4) is 0 Å². The average Bonchev–Trinajstić information content (AvgIpc) is 3.13. The van der Waals surface area contributed by atoms with Crippen LogP contribution in [0.25, 0.3) is 11.2 Å². The number of aryl methyl sites for hydroxylation is 4. The smallest absolute Gasteiger partial charge is 0.158 e. The van der Waals surface area contributed by atoms with Crippen LogP contribution in [0.5, 0.6) is 0 Å². The Morgan fingerprint density at radius 2 is 2.15 bits per heavy atom. The van der Waals surface area contributed by atoms with Gasteiger partial charge >= 0.3 is 0 Å². The maximum atomic E-state index is 6.04. The summed E-state index contributed by atoms with van der Waals surface area (Å²) in [4.78, 5) is 8.70. The molecule has 0 saturated heterocycles. The highest BCUT2D eigenvalue weighted by Crippen LogP contribution is 2.21. The fourth-order valence-electron chi connectivity index (χ4n) is 2.50. The zero-order chi connectivity index (χ0) is 14.1. The lowest BCUT2D eigenvalue weighted by atomic mass is 10.3. The second kappa shape index (κ2) is 5.28. The lowest BCUT2D eigenvalue weighted by Crippen LogP contribution is -2.11. The molecule has 0 N–H and O–H groups in total. The molecule has 0 spiro atoms. The van der Waals surface area contributed by atoms with E-state index in [0.717, 1.165) is 42.2 Å². The van der Waals surface area contributed by atoms with E-state index in [1.54, 1.807) is 6.20 Å². The minimum absolute atomic E-state index is 0.405. The van der Waals surface area contributed by atoms with Gasteiger partial charge in [0, 0.05) is 32.5 Å². The SMILES string of the molecule is CCc1nn(C)c2c1nc(CCl)n2CCn1ccnc1. The maximum absolute atomic E-state index is 6.04. The van der Waals surface area contributed by atoms with Gasteiger partial charge in [0.05, 0.1) is 17.9 Å². The highest BCUT2D eigenvalue weighted by atomic mass is 35.5. The van der Waals surface area contributed by atoms with Crippen molar-refractivity contribution in [3.63, 3.8) is 0 Å². The number of rotatable bonds is 5. The summed E-state index contributed by atoms with van der Waals surface area (Å²) in [7, 11) is 1.95. The van der Waals surface area contributed by atoms with E-state index in [9.17, 15) is 0 Å². The first kappa shape index (κ1) is 13.2. The van der Waals surface area contributed by atoms with E-state index in [4.69, 9.17) is 11.6 Å². The molecule has 0 amide bonds. The number of halogens is 1. The van der Waals surface area contributed by atoms with Crippen molar-refractivity contribution in [2.24, 2.45) is 7.05 Å². The summed E-state index contributed by atoms with van der Waals surface area (Å²) in [5.41, 5.74) is 3.03. The summed E-state index contributed by atoms with van der Waals surface area (Å²) >= 11 is 6.04. The van der Waals surface area contributed by atoms with Crippen LogP contribution in [0.2, 0.25) is 0 Å². The Hall–Kier alpha value is -1.82. The van der Waals surface area contributed by atoms with Gasteiger partial charge in [-0.15, -0.1) is 11.6 Å². The lowest BCUT2D eigenvalue weighted by molar-refractivity contribution is 0.564. The van der Waals surface area contributed by atoms with E-state index in [1.165, 1.54) is 0 Å². The standard InChI is InChI=1S/C13H17ClN6/c1-3-10-12-13(18(2)17-10)20(11(8-14)16-12)7-6-19-5-4-15-9-19/h4-5,9H,3,6-8H2,1-2H3. The molecule has 106 valence electrons. The topological polar surface area (TPSA) is 53.5 Å². The molecule has 7 heteroatoms. The van der Waals surface area contributed by atoms with Gasteiger partial charge in [-0.1, -0.05) is 6.92 Å². The van der Waals surface area contributed by atoms with Crippen LogP contribution in [0, 0.1) is 0 Å². The fraction of sp³-hybridized carbons (Fsp3) is 0.462. The molecule has 0 saturated carbocycles. The minimum atomic E-state index is 0.405. The first-order chi connectivity index (χ1) is 9.74. The molecule has 3 rings (SSSR count). The van der Waals surface area contributed by atoms with Gasteiger partial charge in [-0.25, -0.2) is 9.97 Å². The normalized spacial score (nSPS) is 11.6. The van der Waals surface area contributed by atoms with Crippen LogP contribution in [0.4, 0.5) is 0 Å². The molecule has 0 fully saturated rings. The first-order valence-electron chi connectivity index (χ1n) is 6.67. The second-order valence-electron chi connectivity index (χ2n) is 4.71. The van der Waals surface area contributed by atoms with E-state index in [-0.39, 0.29) is 0 Å². The number of aromatic nitrogens is 6. The highest BCUT2D eigenvalue weighted by Gasteiger charge is 2.17. The van der Waals surface area contributed by atoms with E-state index in [0.29, 0.717) is 5.88 Å². The zero-order valence-electron chi connectivity index (χ0n) is 11.6. The molecule has 3 aromatic heterocycles. The Morgan fingerprint density at radius 3 is 2.80 bits per heavy atom. The largest absolute Gasteiger partial charge is 0.336 e. The third-order valence-corrected chi connectivity index (χ3v) is 3.70. The molecule has 0 aliphatic rings. The molecule has 20 heavy (non-hydrogen) atoms. The van der Waals surface area contributed by atoms with Gasteiger partial charge in [-0.3, -0.25) is 4.68 Å². The Kier molecular flexibility index (Phi) is 3.48. The van der Waals surface area contributed by atoms with E-state index in [2.05, 4.69) is 26.6 Å². The van der Waals surface area contributed by atoms with Crippen LogP contribution in [0.1, 0.15) is 18.4 Å². The quantitative estimate of drug-likeness (QED) is 0.676. The third kappa shape index (κ3) is 2.10. The molecule has 0 radical (unpaired) electrons. The minimum Gasteiger partial charge on any atom is -0.336 e. The van der Waals surface area contributed by atoms with Crippen molar-refractivity contribution in [2.45, 2.75) is 32.3 Å². The van der Waals surface area contributed by atoms with Gasteiger partial charge in [0.1, 0.15) is 11.3 Å². The van der Waals surface area contributed by atoms with Gasteiger partial charge in [-0.2, -0.15) is 5.10 Å². The lowest BCUT2D eigenvalue weighted by Gasteiger charge is -2.08. The third-order valence-electron chi connectivity index (χ3n) is 3.47. The summed E-state index contributed by atoms with van der Waals surface area (Å²) in [6.07, 6.45) is 6.42. The highest BCUT2D eigenvalue weighted by molar-refractivity contribution is 6.16. The summed E-state index contributed by atoms with van der Waals surface area (Å²) in [5.74, 6) is 1.30. The molecule has 0 aliphatic heterocycles. The van der Waals surface area contributed by atoms with Crippen molar-refractivity contribution in [1.29, 1.82) is 0 Å². The predicted octanol–water partition coefficient (Wildman–Crippen LogP) is 1.97. The molecule has 0 aliphatic carbocycles. The van der Waals surface area contributed by atoms with E-state index in [1.807, 2.05) is 28.8 Å². The van der Waals surface area contributed by atoms with Crippen molar-refractivity contribution >= 4 is 22.8 Å². The molecule has 0 atom stereocenters. The van der Waals surface area contributed by atoms with E-state index >= 15 is 0 Å². The Labute approximate surface area is 122 Å². The van der Waals surface area contributed by atoms with Crippen LogP contribution in [0.15, 0.2) is 18.7 Å². The van der Waals surface area contributed by atoms with Crippen LogP contribution in [-0.2, 0) is 32.4 Å². The Morgan fingerprint density at radius 1 is 1.30 bits per heavy atom. The summed E-state index contributed by atoms with van der Waals surface area (Å²) < 4.78 is 6.08. The first-order valence-corrected chi connectivity index (χ1v) is 7.20. The second-order valence-corrected chi connectivity index (χ2v) is 4.98. The number of hydrogen-bond acceptors (Lipinski definition) is 3. The predicted molar refractivity (Wildman–Crippen MR) is 77.7 cm³/mol. The van der Waals surface area contributed by atoms with E-state index < -0.39 is 0 Å². The molecule has 0 bridgehead atoms. The zero-order valence-corrected chi connectivity index (χ0v) is 12.4. The van der Waals surface area contributed by atoms with Crippen LogP contribution in [-0.4, -0.2) is 28.9 Å². The molecular weight excluding hydrogens is 276 g/mol. The number of nitrogens with zero attached hydrogens (tertiary/aromatic N) is 6. The van der Waals surface area contributed by atoms with Crippen molar-refractivity contribution in [2.75, 3.05) is 0 Å². The summed E-state index contributed by atoms with van der Waals surface area (Å²) in [5, 5.41) is 4.52. The molecule has 0 unspecified atom stereocenters. The van der Waals surface area contributed by atoms with Crippen LogP contribution >= 0.6 is 11.6 Å². The van der Waals surface area contributed by atoms with Crippen molar-refractivity contribution in [3.05, 3.63) is 30.2 Å². The summed E-state index contributed by atoms with van der Waals surface area (Å²) in [6.45, 7) is 3.73. The molecule has 6 nitrogen and oxygen atoms in total. The fourth-order valence-corrected chi connectivity index (χ4v) is 2.70. The van der Waals surface area contributed by atoms with Gasteiger partial charge in [0.25, 0.3) is 0 Å². The number of fused-ring (bicyclic) bond motifs is 1. The van der Waals surface area contributed by atoms with Gasteiger partial charge in [-0.05, 0) is 6.42 Å². The monoisotopic (exact) mass is 292 g/mol. The number of hydrogen-bond donors (Lipinski definition) is 0. The molecule has 3 heterocycles. The van der Waals surface area contributed by atoms with Crippen LogP contribution < -0.4 is 0 Å². The van der Waals surface area contributed by atoms with Crippen LogP contribution in [0.3, 0.4) is 0 Å². The Bertz CT molecular complexity index is 709. The van der Waals surface area contributed by atoms with Gasteiger partial charge < -0.3 is 9.13 Å². The van der Waals surface area contributed by atoms with Gasteiger partial charge in [0.15, 0.2) is 5.65 Å². The molecule has 3 aromatic rings. The molecular formula is C13H17ClN6. The van der Waals surface area contributed by atoms with Crippen molar-refractivity contribution in [1.82, 2.24) is 28.9 Å². The summed E-state index contributed by atoms with van der Waals surface area (Å²) in [6, 6.07) is 0. The Balaban J connectivity index is 2.01. The van der Waals surface area contributed by atoms with Gasteiger partial charge in [0.2, 0.25) is 0 Å². The number of imidazole rings is 2. The maximum Gasteiger partial charge on any atom is 0.158 e.